The third kappa shape index (κ3) is 1.00. The maximum absolute atomic E-state index is 11.6. The highest BCUT2D eigenvalue weighted by Crippen LogP contribution is 2.19. The summed E-state index contributed by atoms with van der Waals surface area (Å²) in [5.41, 5.74) is 1.40. The summed E-state index contributed by atoms with van der Waals surface area (Å²) >= 11 is 0. The van der Waals surface area contributed by atoms with Gasteiger partial charge in [0.2, 0.25) is 11.3 Å². The van der Waals surface area contributed by atoms with Gasteiger partial charge in [0.15, 0.2) is 6.20 Å². The highest BCUT2D eigenvalue weighted by molar-refractivity contribution is 6.14. The monoisotopic (exact) mass is 198 g/mol. The number of carbonyl (C=O) groups is 1. The van der Waals surface area contributed by atoms with Gasteiger partial charge in [-0.3, -0.25) is 4.79 Å². The molecule has 0 amide bonds. The van der Waals surface area contributed by atoms with Crippen molar-refractivity contribution in [2.45, 2.75) is 0 Å². The normalized spacial score (nSPS) is 14.1. The van der Waals surface area contributed by atoms with Gasteiger partial charge in [-0.2, -0.15) is 0 Å². The van der Waals surface area contributed by atoms with Crippen LogP contribution >= 0.6 is 0 Å². The molecule has 2 heterocycles. The Morgan fingerprint density at radius 2 is 1.93 bits per heavy atom. The van der Waals surface area contributed by atoms with Crippen LogP contribution in [0.25, 0.3) is 16.8 Å². The van der Waals surface area contributed by atoms with E-state index in [0.29, 0.717) is 5.56 Å². The smallest absolute Gasteiger partial charge is 0.375 e. The lowest BCUT2D eigenvalue weighted by atomic mass is 10.0. The molecule has 1 aliphatic rings. The van der Waals surface area contributed by atoms with Crippen LogP contribution in [0.15, 0.2) is 42.6 Å². The van der Waals surface area contributed by atoms with E-state index in [2.05, 4.69) is 0 Å². The van der Waals surface area contributed by atoms with Crippen LogP contribution in [0.3, 0.4) is 0 Å². The van der Waals surface area contributed by atoms with E-state index in [1.54, 1.807) is 16.8 Å². The molecule has 1 aromatic carbocycles. The number of carbonyl (C=O) groups excluding carboxylic acids is 1. The zero-order valence-corrected chi connectivity index (χ0v) is 7.84. The number of aliphatic hydroxyl groups excluding tert-OH is 1. The molecule has 1 aliphatic heterocycles. The maximum atomic E-state index is 11.6. The Morgan fingerprint density at radius 3 is 2.80 bits per heavy atom. The van der Waals surface area contributed by atoms with Gasteiger partial charge in [-0.1, -0.05) is 6.07 Å². The number of nitrogens with zero attached hydrogens (tertiary/aromatic N) is 1. The standard InChI is InChI=1S/C12H7NO2/c14-10-7-11(15)13-6-2-4-8-3-1-5-9(10)12(8)13/h1-7H/p+1. The molecule has 0 saturated carbocycles. The van der Waals surface area contributed by atoms with Gasteiger partial charge >= 0.3 is 5.88 Å². The summed E-state index contributed by atoms with van der Waals surface area (Å²) in [4.78, 5) is 11.6. The number of allylic oxidation sites excluding steroid dienone is 1. The molecule has 3 heteroatoms. The summed E-state index contributed by atoms with van der Waals surface area (Å²) in [5.74, 6) is -0.173. The van der Waals surface area contributed by atoms with Crippen molar-refractivity contribution < 1.29 is 14.5 Å². The Kier molecular flexibility index (Phi) is 1.45. The van der Waals surface area contributed by atoms with Crippen molar-refractivity contribution in [3.63, 3.8) is 0 Å². The summed E-state index contributed by atoms with van der Waals surface area (Å²) in [6.07, 6.45) is 2.98. The van der Waals surface area contributed by atoms with E-state index in [1.807, 2.05) is 24.3 Å². The Bertz CT molecular complexity index is 609. The van der Waals surface area contributed by atoms with Gasteiger partial charge in [-0.15, -0.1) is 4.57 Å². The molecule has 0 spiro atoms. The van der Waals surface area contributed by atoms with Gasteiger partial charge < -0.3 is 5.11 Å². The molecule has 0 bridgehead atoms. The minimum Gasteiger partial charge on any atom is -0.459 e. The summed E-state index contributed by atoms with van der Waals surface area (Å²) in [5, 5.41) is 10.6. The third-order valence-electron chi connectivity index (χ3n) is 2.59. The van der Waals surface area contributed by atoms with Gasteiger partial charge in [-0.05, 0) is 18.2 Å². The first-order valence-electron chi connectivity index (χ1n) is 4.66. The average Bonchev–Trinajstić information content (AvgIpc) is 2.25. The molecule has 3 nitrogen and oxygen atoms in total. The SMILES string of the molecule is O=C1C=C(O)[n+]2cccc3cccc1c32. The van der Waals surface area contributed by atoms with E-state index in [-0.39, 0.29) is 11.7 Å². The zero-order valence-electron chi connectivity index (χ0n) is 7.84. The lowest BCUT2D eigenvalue weighted by molar-refractivity contribution is -0.572. The lowest BCUT2D eigenvalue weighted by Gasteiger charge is -2.06. The summed E-state index contributed by atoms with van der Waals surface area (Å²) in [6, 6.07) is 9.29. The first kappa shape index (κ1) is 8.17. The van der Waals surface area contributed by atoms with Crippen LogP contribution in [-0.2, 0) is 0 Å². The molecule has 0 fully saturated rings. The molecule has 0 unspecified atom stereocenters. The Hall–Kier alpha value is -2.16. The van der Waals surface area contributed by atoms with Crippen LogP contribution < -0.4 is 4.57 Å². The molecule has 2 aromatic rings. The minimum absolute atomic E-state index is 0.0238. The fourth-order valence-electron chi connectivity index (χ4n) is 1.93. The second kappa shape index (κ2) is 2.67. The second-order valence-electron chi connectivity index (χ2n) is 3.49. The number of ketones is 1. The van der Waals surface area contributed by atoms with E-state index in [1.165, 1.54) is 6.08 Å². The lowest BCUT2D eigenvalue weighted by Crippen LogP contribution is -2.37. The number of hydrogen-bond acceptors (Lipinski definition) is 2. The molecule has 0 radical (unpaired) electrons. The van der Waals surface area contributed by atoms with Gasteiger partial charge in [0, 0.05) is 11.5 Å². The van der Waals surface area contributed by atoms with Crippen LogP contribution in [0.1, 0.15) is 10.4 Å². The predicted octanol–water partition coefficient (Wildman–Crippen LogP) is 1.68. The molecule has 72 valence electrons. The first-order chi connectivity index (χ1) is 7.27. The highest BCUT2D eigenvalue weighted by Gasteiger charge is 2.26. The summed E-state index contributed by atoms with van der Waals surface area (Å²) in [7, 11) is 0. The molecule has 3 rings (SSSR count). The Labute approximate surface area is 85.9 Å². The van der Waals surface area contributed by atoms with Gasteiger partial charge in [0.25, 0.3) is 0 Å². The van der Waals surface area contributed by atoms with E-state index in [9.17, 15) is 9.90 Å². The van der Waals surface area contributed by atoms with Gasteiger partial charge in [0.1, 0.15) is 0 Å². The van der Waals surface area contributed by atoms with Crippen molar-refractivity contribution >= 4 is 22.6 Å². The number of aromatic nitrogens is 1. The molecule has 0 atom stereocenters. The topological polar surface area (TPSA) is 41.2 Å². The zero-order chi connectivity index (χ0) is 10.4. The van der Waals surface area contributed by atoms with Crippen LogP contribution in [0.5, 0.6) is 0 Å². The number of aliphatic hydroxyl groups is 1. The van der Waals surface area contributed by atoms with E-state index in [0.717, 1.165) is 10.9 Å². The molecule has 15 heavy (non-hydrogen) atoms. The van der Waals surface area contributed by atoms with Gasteiger partial charge in [-0.25, -0.2) is 0 Å². The molecule has 1 N–H and O–H groups in total. The van der Waals surface area contributed by atoms with Crippen molar-refractivity contribution in [3.8, 4) is 0 Å². The molecule has 0 aliphatic carbocycles. The number of para-hydroxylation sites is 1. The van der Waals surface area contributed by atoms with Crippen LogP contribution in [0.2, 0.25) is 0 Å². The quantitative estimate of drug-likeness (QED) is 0.654. The van der Waals surface area contributed by atoms with Crippen molar-refractivity contribution in [3.05, 3.63) is 48.2 Å². The van der Waals surface area contributed by atoms with E-state index in [4.69, 9.17) is 0 Å². The largest absolute Gasteiger partial charge is 0.459 e. The Balaban J connectivity index is 2.57. The Morgan fingerprint density at radius 1 is 1.13 bits per heavy atom. The summed E-state index contributed by atoms with van der Waals surface area (Å²) < 4.78 is 1.62. The van der Waals surface area contributed by atoms with Crippen molar-refractivity contribution in [2.24, 2.45) is 0 Å². The number of pyridine rings is 1. The molecule has 1 aromatic heterocycles. The second-order valence-corrected chi connectivity index (χ2v) is 3.49. The average molecular weight is 198 g/mol. The predicted molar refractivity (Wildman–Crippen MR) is 55.4 cm³/mol. The fraction of sp³-hybridized carbons (Fsp3) is 0. The fourth-order valence-corrected chi connectivity index (χ4v) is 1.93. The molecule has 0 saturated heterocycles. The third-order valence-corrected chi connectivity index (χ3v) is 2.59. The van der Waals surface area contributed by atoms with E-state index < -0.39 is 0 Å². The van der Waals surface area contributed by atoms with Crippen molar-refractivity contribution in [1.29, 1.82) is 0 Å². The molecular weight excluding hydrogens is 190 g/mol. The first-order valence-corrected chi connectivity index (χ1v) is 4.66. The number of hydrogen-bond donors (Lipinski definition) is 1. The minimum atomic E-state index is -0.149. The van der Waals surface area contributed by atoms with Crippen LogP contribution in [0.4, 0.5) is 0 Å². The highest BCUT2D eigenvalue weighted by atomic mass is 16.3. The van der Waals surface area contributed by atoms with Crippen LogP contribution in [-0.4, -0.2) is 10.9 Å². The number of benzene rings is 1. The van der Waals surface area contributed by atoms with Gasteiger partial charge in [0.05, 0.1) is 11.6 Å². The van der Waals surface area contributed by atoms with Crippen molar-refractivity contribution in [2.75, 3.05) is 0 Å². The molecular formula is C12H8NO2+. The van der Waals surface area contributed by atoms with Crippen molar-refractivity contribution in [1.82, 2.24) is 0 Å². The maximum Gasteiger partial charge on any atom is 0.375 e. The van der Waals surface area contributed by atoms with E-state index >= 15 is 0 Å². The summed E-state index contributed by atoms with van der Waals surface area (Å²) in [6.45, 7) is 0. The van der Waals surface area contributed by atoms with Crippen LogP contribution in [0, 0.1) is 0 Å². The number of rotatable bonds is 0.